The third kappa shape index (κ3) is 6.52. The third-order valence-electron chi connectivity index (χ3n) is 6.10. The maximum atomic E-state index is 11.2. The lowest BCUT2D eigenvalue weighted by molar-refractivity contribution is -0.120. The van der Waals surface area contributed by atoms with Gasteiger partial charge in [0.25, 0.3) is 0 Å². The van der Waals surface area contributed by atoms with Crippen LogP contribution in [-0.2, 0) is 17.8 Å². The number of fused-ring (bicyclic) bond motifs is 3. The lowest BCUT2D eigenvalue weighted by Gasteiger charge is -2.10. The molecular formula is C26H38N4O. The summed E-state index contributed by atoms with van der Waals surface area (Å²) in [6.07, 6.45) is 15.9. The van der Waals surface area contributed by atoms with Gasteiger partial charge in [-0.3, -0.25) is 9.78 Å². The van der Waals surface area contributed by atoms with Gasteiger partial charge in [0.2, 0.25) is 5.91 Å². The summed E-state index contributed by atoms with van der Waals surface area (Å²) in [5.41, 5.74) is 3.33. The number of rotatable bonds is 14. The maximum Gasteiger partial charge on any atom is 0.219 e. The molecule has 0 spiro atoms. The first-order chi connectivity index (χ1) is 15.2. The lowest BCUT2D eigenvalue weighted by Crippen LogP contribution is -2.16. The first-order valence-electron chi connectivity index (χ1n) is 12.2. The van der Waals surface area contributed by atoms with Crippen LogP contribution in [0.3, 0.4) is 0 Å². The van der Waals surface area contributed by atoms with E-state index in [1.54, 1.807) is 7.05 Å². The highest BCUT2D eigenvalue weighted by atomic mass is 16.1. The molecule has 0 saturated heterocycles. The molecule has 0 radical (unpaired) electrons. The number of benzene rings is 1. The molecule has 0 fully saturated rings. The molecule has 0 saturated carbocycles. The Labute approximate surface area is 186 Å². The monoisotopic (exact) mass is 422 g/mol. The third-order valence-corrected chi connectivity index (χ3v) is 6.10. The van der Waals surface area contributed by atoms with E-state index in [9.17, 15) is 4.79 Å². The van der Waals surface area contributed by atoms with Crippen LogP contribution < -0.4 is 5.32 Å². The zero-order valence-electron chi connectivity index (χ0n) is 19.3. The van der Waals surface area contributed by atoms with Crippen LogP contribution in [0, 0.1) is 0 Å². The largest absolute Gasteiger partial charge is 0.359 e. The Balaban J connectivity index is 1.44. The molecule has 31 heavy (non-hydrogen) atoms. The van der Waals surface area contributed by atoms with Crippen molar-refractivity contribution in [3.63, 3.8) is 0 Å². The molecule has 168 valence electrons. The van der Waals surface area contributed by atoms with Crippen molar-refractivity contribution in [2.45, 2.75) is 90.5 Å². The molecule has 1 aromatic carbocycles. The molecule has 3 rings (SSSR count). The average Bonchev–Trinajstić information content (AvgIpc) is 3.15. The zero-order valence-corrected chi connectivity index (χ0v) is 19.3. The molecule has 1 N–H and O–H groups in total. The Hall–Kier alpha value is -2.43. The number of hydrogen-bond acceptors (Lipinski definition) is 3. The minimum Gasteiger partial charge on any atom is -0.359 e. The van der Waals surface area contributed by atoms with E-state index in [4.69, 9.17) is 4.98 Å². The van der Waals surface area contributed by atoms with Gasteiger partial charge in [-0.2, -0.15) is 0 Å². The molecule has 2 heterocycles. The second kappa shape index (κ2) is 12.4. The van der Waals surface area contributed by atoms with E-state index in [-0.39, 0.29) is 5.91 Å². The highest BCUT2D eigenvalue weighted by Gasteiger charge is 2.13. The number of unbranched alkanes of at least 4 members (excludes halogenated alkanes) is 8. The minimum absolute atomic E-state index is 0.164. The highest BCUT2D eigenvalue weighted by Crippen LogP contribution is 2.26. The lowest BCUT2D eigenvalue weighted by atomic mass is 10.1. The summed E-state index contributed by atoms with van der Waals surface area (Å²) < 4.78 is 2.45. The van der Waals surface area contributed by atoms with E-state index in [0.29, 0.717) is 6.42 Å². The molecule has 1 amide bonds. The zero-order chi connectivity index (χ0) is 21.9. The number of nitrogens with one attached hydrogen (secondary N) is 1. The number of aromatic nitrogens is 3. The van der Waals surface area contributed by atoms with Gasteiger partial charge in [0.1, 0.15) is 11.3 Å². The Morgan fingerprint density at radius 3 is 2.32 bits per heavy atom. The Morgan fingerprint density at radius 1 is 0.935 bits per heavy atom. The minimum atomic E-state index is 0.164. The van der Waals surface area contributed by atoms with Gasteiger partial charge in [0.05, 0.1) is 17.2 Å². The van der Waals surface area contributed by atoms with Crippen molar-refractivity contribution < 1.29 is 4.79 Å². The van der Waals surface area contributed by atoms with E-state index in [1.165, 1.54) is 68.1 Å². The summed E-state index contributed by atoms with van der Waals surface area (Å²) in [5.74, 6) is 1.37. The molecule has 3 aromatic rings. The fourth-order valence-corrected chi connectivity index (χ4v) is 4.38. The Kier molecular flexibility index (Phi) is 9.32. The van der Waals surface area contributed by atoms with Crippen LogP contribution in [-0.4, -0.2) is 27.5 Å². The predicted octanol–water partition coefficient (Wildman–Crippen LogP) is 6.18. The Bertz CT molecular complexity index is 963. The smallest absolute Gasteiger partial charge is 0.219 e. The Morgan fingerprint density at radius 2 is 1.61 bits per heavy atom. The number of nitrogens with zero attached hydrogens (tertiary/aromatic N) is 3. The van der Waals surface area contributed by atoms with Crippen LogP contribution in [0.15, 0.2) is 30.5 Å². The average molecular weight is 423 g/mol. The van der Waals surface area contributed by atoms with Crippen molar-refractivity contribution in [3.8, 4) is 0 Å². The second-order valence-corrected chi connectivity index (χ2v) is 8.54. The number of amides is 1. The van der Waals surface area contributed by atoms with E-state index >= 15 is 0 Å². The first-order valence-corrected chi connectivity index (χ1v) is 12.2. The molecule has 0 atom stereocenters. The van der Waals surface area contributed by atoms with Crippen LogP contribution in [0.5, 0.6) is 0 Å². The topological polar surface area (TPSA) is 59.8 Å². The maximum absolute atomic E-state index is 11.2. The molecule has 5 nitrogen and oxygen atoms in total. The van der Waals surface area contributed by atoms with E-state index < -0.39 is 0 Å². The SMILES string of the molecule is CCCc1nc2cnc3ccccc3c2n1CCCCCCCCCCCC(=O)NC. The van der Waals surface area contributed by atoms with Crippen molar-refractivity contribution in [2.75, 3.05) is 7.05 Å². The van der Waals surface area contributed by atoms with Crippen LogP contribution in [0.2, 0.25) is 0 Å². The van der Waals surface area contributed by atoms with Gasteiger partial charge in [-0.15, -0.1) is 0 Å². The van der Waals surface area contributed by atoms with Gasteiger partial charge in [-0.05, 0) is 25.3 Å². The summed E-state index contributed by atoms with van der Waals surface area (Å²) >= 11 is 0. The molecule has 0 aliphatic heterocycles. The fourth-order valence-electron chi connectivity index (χ4n) is 4.38. The number of carbonyl (C=O) groups excluding carboxylic acids is 1. The predicted molar refractivity (Wildman–Crippen MR) is 129 cm³/mol. The highest BCUT2D eigenvalue weighted by molar-refractivity contribution is 6.02. The van der Waals surface area contributed by atoms with E-state index in [2.05, 4.69) is 46.1 Å². The van der Waals surface area contributed by atoms with Crippen LogP contribution in [0.25, 0.3) is 21.9 Å². The standard InChI is InChI=1S/C26H38N4O/c1-3-15-24-29-23-20-28-22-17-13-12-16-21(22)26(23)30(24)19-14-10-8-6-4-5-7-9-11-18-25(31)27-2/h12-13,16-17,20H,3-11,14-15,18-19H2,1-2H3,(H,27,31). The summed E-state index contributed by atoms with van der Waals surface area (Å²) in [5, 5.41) is 3.90. The summed E-state index contributed by atoms with van der Waals surface area (Å²) in [6, 6.07) is 8.41. The molecule has 0 aliphatic carbocycles. The number of carbonyl (C=O) groups is 1. The van der Waals surface area contributed by atoms with E-state index in [0.717, 1.165) is 36.8 Å². The molecule has 0 aliphatic rings. The molecular weight excluding hydrogens is 384 g/mol. The van der Waals surface area contributed by atoms with Crippen LogP contribution in [0.4, 0.5) is 0 Å². The number of pyridine rings is 1. The van der Waals surface area contributed by atoms with Crippen molar-refractivity contribution in [3.05, 3.63) is 36.3 Å². The van der Waals surface area contributed by atoms with Gasteiger partial charge >= 0.3 is 0 Å². The number of hydrogen-bond donors (Lipinski definition) is 1. The van der Waals surface area contributed by atoms with Gasteiger partial charge < -0.3 is 9.88 Å². The first kappa shape index (κ1) is 23.2. The normalized spacial score (nSPS) is 11.4. The summed E-state index contributed by atoms with van der Waals surface area (Å²) in [7, 11) is 1.71. The van der Waals surface area contributed by atoms with Crippen molar-refractivity contribution >= 4 is 27.8 Å². The van der Waals surface area contributed by atoms with Gasteiger partial charge in [-0.1, -0.05) is 70.1 Å². The summed E-state index contributed by atoms with van der Waals surface area (Å²) in [6.45, 7) is 3.26. The van der Waals surface area contributed by atoms with Gasteiger partial charge in [0, 0.05) is 31.8 Å². The number of imidazole rings is 1. The molecule has 0 unspecified atom stereocenters. The molecule has 0 bridgehead atoms. The van der Waals surface area contributed by atoms with Crippen molar-refractivity contribution in [2.24, 2.45) is 0 Å². The van der Waals surface area contributed by atoms with Crippen molar-refractivity contribution in [1.82, 2.24) is 19.9 Å². The molecule has 5 heteroatoms. The summed E-state index contributed by atoms with van der Waals surface area (Å²) in [4.78, 5) is 20.7. The number of para-hydroxylation sites is 1. The second-order valence-electron chi connectivity index (χ2n) is 8.54. The van der Waals surface area contributed by atoms with Crippen molar-refractivity contribution in [1.29, 1.82) is 0 Å². The van der Waals surface area contributed by atoms with Gasteiger partial charge in [0.15, 0.2) is 0 Å². The quantitative estimate of drug-likeness (QED) is 0.315. The fraction of sp³-hybridized carbons (Fsp3) is 0.577. The van der Waals surface area contributed by atoms with Crippen LogP contribution in [0.1, 0.15) is 83.4 Å². The number of aryl methyl sites for hydroxylation is 2. The van der Waals surface area contributed by atoms with Gasteiger partial charge in [-0.25, -0.2) is 4.98 Å². The molecule has 2 aromatic heterocycles. The van der Waals surface area contributed by atoms with Crippen LogP contribution >= 0.6 is 0 Å². The van der Waals surface area contributed by atoms with E-state index in [1.807, 2.05) is 6.20 Å².